The third-order valence-corrected chi connectivity index (χ3v) is 3.35. The van der Waals surface area contributed by atoms with Crippen molar-refractivity contribution in [2.24, 2.45) is 5.92 Å². The Morgan fingerprint density at radius 2 is 1.79 bits per heavy atom. The minimum atomic E-state index is 0.439. The summed E-state index contributed by atoms with van der Waals surface area (Å²) in [6, 6.07) is 10.7. The number of nitrogens with one attached hydrogen (secondary N) is 2. The second-order valence-corrected chi connectivity index (χ2v) is 5.95. The van der Waals surface area contributed by atoms with E-state index in [1.54, 1.807) is 0 Å². The average molecular weight is 278 g/mol. The highest BCUT2D eigenvalue weighted by Crippen LogP contribution is 2.08. The van der Waals surface area contributed by atoms with E-state index in [0.29, 0.717) is 6.04 Å². The van der Waals surface area contributed by atoms with Gasteiger partial charge < -0.3 is 10.6 Å². The summed E-state index contributed by atoms with van der Waals surface area (Å²) in [6.45, 7) is 7.51. The van der Waals surface area contributed by atoms with Gasteiger partial charge in [0, 0.05) is 12.6 Å². The molecule has 0 amide bonds. The van der Waals surface area contributed by atoms with E-state index in [9.17, 15) is 0 Å². The highest BCUT2D eigenvalue weighted by molar-refractivity contribution is 7.80. The van der Waals surface area contributed by atoms with Crippen LogP contribution in [0.3, 0.4) is 0 Å². The van der Waals surface area contributed by atoms with Crippen molar-refractivity contribution in [1.29, 1.82) is 0 Å². The van der Waals surface area contributed by atoms with Crippen LogP contribution in [0.25, 0.3) is 0 Å². The molecule has 1 aromatic carbocycles. The van der Waals surface area contributed by atoms with E-state index >= 15 is 0 Å². The number of hydrogen-bond acceptors (Lipinski definition) is 1. The van der Waals surface area contributed by atoms with Gasteiger partial charge in [0.25, 0.3) is 0 Å². The Morgan fingerprint density at radius 3 is 2.42 bits per heavy atom. The van der Waals surface area contributed by atoms with E-state index in [2.05, 4.69) is 43.5 Å². The zero-order valence-electron chi connectivity index (χ0n) is 12.3. The highest BCUT2D eigenvalue weighted by atomic mass is 32.1. The molecular formula is C16H26N2S. The number of hydrogen-bond donors (Lipinski definition) is 2. The fourth-order valence-electron chi connectivity index (χ4n) is 1.96. The van der Waals surface area contributed by atoms with Gasteiger partial charge in [-0.3, -0.25) is 0 Å². The first-order valence-corrected chi connectivity index (χ1v) is 7.57. The van der Waals surface area contributed by atoms with E-state index in [-0.39, 0.29) is 0 Å². The second kappa shape index (κ2) is 8.92. The van der Waals surface area contributed by atoms with E-state index in [4.69, 9.17) is 12.2 Å². The molecular weight excluding hydrogens is 252 g/mol. The standard InChI is InChI=1S/C16H26N2S/c1-13(2)8-7-9-14(3)18-16(19)17-12-15-10-5-4-6-11-15/h4-6,10-11,13-14H,7-9,12H2,1-3H3,(H2,17,18,19). The quantitative estimate of drug-likeness (QED) is 0.741. The molecule has 2 nitrogen and oxygen atoms in total. The zero-order chi connectivity index (χ0) is 14.1. The summed E-state index contributed by atoms with van der Waals surface area (Å²) in [4.78, 5) is 0. The Balaban J connectivity index is 2.16. The van der Waals surface area contributed by atoms with Crippen LogP contribution < -0.4 is 10.6 Å². The van der Waals surface area contributed by atoms with Crippen LogP contribution in [-0.4, -0.2) is 11.2 Å². The minimum Gasteiger partial charge on any atom is -0.360 e. The van der Waals surface area contributed by atoms with Crippen molar-refractivity contribution in [3.05, 3.63) is 35.9 Å². The van der Waals surface area contributed by atoms with Crippen molar-refractivity contribution in [3.63, 3.8) is 0 Å². The molecule has 0 aliphatic carbocycles. The third kappa shape index (κ3) is 7.83. The first kappa shape index (κ1) is 16.0. The summed E-state index contributed by atoms with van der Waals surface area (Å²) in [6.07, 6.45) is 3.72. The fourth-order valence-corrected chi connectivity index (χ4v) is 2.23. The molecule has 19 heavy (non-hydrogen) atoms. The van der Waals surface area contributed by atoms with Gasteiger partial charge in [-0.15, -0.1) is 0 Å². The molecule has 0 aliphatic rings. The average Bonchev–Trinajstić information content (AvgIpc) is 2.37. The van der Waals surface area contributed by atoms with Crippen molar-refractivity contribution in [2.45, 2.75) is 52.6 Å². The molecule has 0 aromatic heterocycles. The minimum absolute atomic E-state index is 0.439. The summed E-state index contributed by atoms with van der Waals surface area (Å²) in [7, 11) is 0. The smallest absolute Gasteiger partial charge is 0.166 e. The largest absolute Gasteiger partial charge is 0.360 e. The molecule has 1 unspecified atom stereocenters. The maximum atomic E-state index is 5.31. The molecule has 106 valence electrons. The Hall–Kier alpha value is -1.09. The molecule has 0 radical (unpaired) electrons. The Labute approximate surface area is 123 Å². The lowest BCUT2D eigenvalue weighted by Gasteiger charge is -2.17. The molecule has 1 aromatic rings. The molecule has 0 heterocycles. The highest BCUT2D eigenvalue weighted by Gasteiger charge is 2.04. The lowest BCUT2D eigenvalue weighted by Crippen LogP contribution is -2.40. The molecule has 0 saturated carbocycles. The predicted octanol–water partition coefficient (Wildman–Crippen LogP) is 3.87. The molecule has 0 bridgehead atoms. The molecule has 1 atom stereocenters. The van der Waals surface area contributed by atoms with E-state index in [1.165, 1.54) is 24.8 Å². The number of benzene rings is 1. The maximum Gasteiger partial charge on any atom is 0.166 e. The van der Waals surface area contributed by atoms with Gasteiger partial charge in [-0.1, -0.05) is 57.0 Å². The van der Waals surface area contributed by atoms with Crippen molar-refractivity contribution in [1.82, 2.24) is 10.6 Å². The van der Waals surface area contributed by atoms with Crippen LogP contribution in [0.15, 0.2) is 30.3 Å². The molecule has 1 rings (SSSR count). The van der Waals surface area contributed by atoms with E-state index in [0.717, 1.165) is 17.6 Å². The monoisotopic (exact) mass is 278 g/mol. The summed E-state index contributed by atoms with van der Waals surface area (Å²) in [5.74, 6) is 0.787. The maximum absolute atomic E-state index is 5.31. The van der Waals surface area contributed by atoms with Gasteiger partial charge in [0.05, 0.1) is 0 Å². The molecule has 0 saturated heterocycles. The topological polar surface area (TPSA) is 24.1 Å². The van der Waals surface area contributed by atoms with Crippen LogP contribution >= 0.6 is 12.2 Å². The molecule has 0 aliphatic heterocycles. The summed E-state index contributed by atoms with van der Waals surface area (Å²) >= 11 is 5.31. The van der Waals surface area contributed by atoms with Gasteiger partial charge in [0.15, 0.2) is 5.11 Å². The molecule has 0 spiro atoms. The van der Waals surface area contributed by atoms with Crippen LogP contribution in [0.5, 0.6) is 0 Å². The lowest BCUT2D eigenvalue weighted by molar-refractivity contribution is 0.493. The predicted molar refractivity (Wildman–Crippen MR) is 87.2 cm³/mol. The molecule has 3 heteroatoms. The lowest BCUT2D eigenvalue weighted by atomic mass is 10.0. The third-order valence-electron chi connectivity index (χ3n) is 3.09. The van der Waals surface area contributed by atoms with E-state index < -0.39 is 0 Å². The molecule has 2 N–H and O–H groups in total. The van der Waals surface area contributed by atoms with Gasteiger partial charge in [-0.05, 0) is 37.0 Å². The van der Waals surface area contributed by atoms with Crippen molar-refractivity contribution >= 4 is 17.3 Å². The van der Waals surface area contributed by atoms with Gasteiger partial charge in [0.2, 0.25) is 0 Å². The number of rotatable bonds is 7. The van der Waals surface area contributed by atoms with Crippen molar-refractivity contribution < 1.29 is 0 Å². The summed E-state index contributed by atoms with van der Waals surface area (Å²) < 4.78 is 0. The first-order valence-electron chi connectivity index (χ1n) is 7.16. The Morgan fingerprint density at radius 1 is 1.11 bits per heavy atom. The van der Waals surface area contributed by atoms with Crippen LogP contribution in [0, 0.1) is 5.92 Å². The summed E-state index contributed by atoms with van der Waals surface area (Å²) in [5, 5.41) is 7.34. The Kier molecular flexibility index (Phi) is 7.49. The first-order chi connectivity index (χ1) is 9.08. The van der Waals surface area contributed by atoms with Gasteiger partial charge in [-0.2, -0.15) is 0 Å². The Bertz CT molecular complexity index is 362. The summed E-state index contributed by atoms with van der Waals surface area (Å²) in [5.41, 5.74) is 1.25. The van der Waals surface area contributed by atoms with Crippen LogP contribution in [0.4, 0.5) is 0 Å². The zero-order valence-corrected chi connectivity index (χ0v) is 13.1. The van der Waals surface area contributed by atoms with Crippen LogP contribution in [-0.2, 0) is 6.54 Å². The van der Waals surface area contributed by atoms with E-state index in [1.807, 2.05) is 18.2 Å². The SMILES string of the molecule is CC(C)CCCC(C)NC(=S)NCc1ccccc1. The molecule has 0 fully saturated rings. The van der Waals surface area contributed by atoms with Crippen LogP contribution in [0.1, 0.15) is 45.6 Å². The van der Waals surface area contributed by atoms with Crippen molar-refractivity contribution in [3.8, 4) is 0 Å². The van der Waals surface area contributed by atoms with Gasteiger partial charge >= 0.3 is 0 Å². The normalized spacial score (nSPS) is 12.2. The number of thiocarbonyl (C=S) groups is 1. The second-order valence-electron chi connectivity index (χ2n) is 5.54. The van der Waals surface area contributed by atoms with Crippen molar-refractivity contribution in [2.75, 3.05) is 0 Å². The fraction of sp³-hybridized carbons (Fsp3) is 0.562. The van der Waals surface area contributed by atoms with Gasteiger partial charge in [-0.25, -0.2) is 0 Å². The van der Waals surface area contributed by atoms with Gasteiger partial charge in [0.1, 0.15) is 0 Å². The van der Waals surface area contributed by atoms with Crippen LogP contribution in [0.2, 0.25) is 0 Å².